The zero-order valence-corrected chi connectivity index (χ0v) is 13.1. The van der Waals surface area contributed by atoms with Crippen molar-refractivity contribution in [3.63, 3.8) is 0 Å². The number of nitrogens with one attached hydrogen (secondary N) is 2. The molecule has 122 valence electrons. The predicted octanol–water partition coefficient (Wildman–Crippen LogP) is 1.32. The van der Waals surface area contributed by atoms with Crippen LogP contribution in [0.2, 0.25) is 0 Å². The maximum Gasteiger partial charge on any atom is 0.307 e. The van der Waals surface area contributed by atoms with Gasteiger partial charge in [-0.05, 0) is 31.2 Å². The molecule has 1 aromatic carbocycles. The van der Waals surface area contributed by atoms with Gasteiger partial charge in [-0.1, -0.05) is 0 Å². The summed E-state index contributed by atoms with van der Waals surface area (Å²) in [5.41, 5.74) is 0. The van der Waals surface area contributed by atoms with Gasteiger partial charge in [0.2, 0.25) is 0 Å². The van der Waals surface area contributed by atoms with Gasteiger partial charge in [0.1, 0.15) is 17.7 Å². The number of ether oxygens (including phenoxy) is 2. The molecule has 6 nitrogen and oxygen atoms in total. The number of hydrogen-bond donors (Lipinski definition) is 2. The normalized spacial score (nSPS) is 12.5. The summed E-state index contributed by atoms with van der Waals surface area (Å²) < 4.78 is 23.0. The summed E-state index contributed by atoms with van der Waals surface area (Å²) in [6.07, 6.45) is 0.128. The van der Waals surface area contributed by atoms with Crippen molar-refractivity contribution < 1.29 is 18.7 Å². The highest BCUT2D eigenvalue weighted by Gasteiger charge is 2.06. The van der Waals surface area contributed by atoms with Gasteiger partial charge in [-0.2, -0.15) is 0 Å². The zero-order chi connectivity index (χ0) is 16.4. The number of benzene rings is 1. The average molecular weight is 311 g/mol. The minimum Gasteiger partial charge on any atom is -0.489 e. The second-order valence-corrected chi connectivity index (χ2v) is 4.59. The molecule has 0 bridgehead atoms. The lowest BCUT2D eigenvalue weighted by atomic mass is 10.3. The van der Waals surface area contributed by atoms with E-state index in [-0.39, 0.29) is 24.3 Å². The number of hydrogen-bond acceptors (Lipinski definition) is 4. The van der Waals surface area contributed by atoms with E-state index in [1.54, 1.807) is 19.2 Å². The smallest absolute Gasteiger partial charge is 0.307 e. The van der Waals surface area contributed by atoms with Crippen LogP contribution in [0.15, 0.2) is 29.3 Å². The fourth-order valence-corrected chi connectivity index (χ4v) is 1.63. The molecular weight excluding hydrogens is 289 g/mol. The summed E-state index contributed by atoms with van der Waals surface area (Å²) in [6.45, 7) is 2.83. The fourth-order valence-electron chi connectivity index (χ4n) is 1.63. The Kier molecular flexibility index (Phi) is 7.74. The van der Waals surface area contributed by atoms with E-state index in [2.05, 4.69) is 20.4 Å². The molecule has 22 heavy (non-hydrogen) atoms. The van der Waals surface area contributed by atoms with Crippen LogP contribution in [-0.4, -0.2) is 45.3 Å². The van der Waals surface area contributed by atoms with Crippen molar-refractivity contribution >= 4 is 11.9 Å². The Balaban J connectivity index is 2.30. The van der Waals surface area contributed by atoms with Crippen molar-refractivity contribution in [1.82, 2.24) is 10.6 Å². The number of aliphatic imine (C=N–C) groups is 1. The molecule has 0 heterocycles. The van der Waals surface area contributed by atoms with Crippen LogP contribution in [0.3, 0.4) is 0 Å². The van der Waals surface area contributed by atoms with Crippen molar-refractivity contribution in [3.8, 4) is 5.75 Å². The van der Waals surface area contributed by atoms with Gasteiger partial charge in [-0.25, -0.2) is 4.39 Å². The molecule has 0 fully saturated rings. The van der Waals surface area contributed by atoms with Gasteiger partial charge in [0.25, 0.3) is 0 Å². The molecule has 0 aromatic heterocycles. The topological polar surface area (TPSA) is 72.0 Å². The fraction of sp³-hybridized carbons (Fsp3) is 0.467. The van der Waals surface area contributed by atoms with E-state index in [1.165, 1.54) is 19.2 Å². The first-order chi connectivity index (χ1) is 10.5. The second-order valence-electron chi connectivity index (χ2n) is 4.59. The molecule has 0 amide bonds. The Labute approximate surface area is 129 Å². The van der Waals surface area contributed by atoms with Crippen molar-refractivity contribution in [3.05, 3.63) is 30.1 Å². The molecule has 1 unspecified atom stereocenters. The van der Waals surface area contributed by atoms with Gasteiger partial charge in [0, 0.05) is 13.6 Å². The SMILES string of the molecule is CN=C(NCCC(=O)OC)NCC(C)Oc1ccc(F)cc1. The molecule has 1 atom stereocenters. The van der Waals surface area contributed by atoms with Gasteiger partial charge in [0.15, 0.2) is 5.96 Å². The molecule has 0 aliphatic rings. The van der Waals surface area contributed by atoms with Crippen LogP contribution in [0.25, 0.3) is 0 Å². The highest BCUT2D eigenvalue weighted by atomic mass is 19.1. The van der Waals surface area contributed by atoms with E-state index in [9.17, 15) is 9.18 Å². The van der Waals surface area contributed by atoms with Gasteiger partial charge in [-0.15, -0.1) is 0 Å². The molecular formula is C15H22FN3O3. The first-order valence-corrected chi connectivity index (χ1v) is 6.98. The molecule has 0 saturated heterocycles. The molecule has 1 rings (SSSR count). The Morgan fingerprint density at radius 3 is 2.59 bits per heavy atom. The highest BCUT2D eigenvalue weighted by molar-refractivity contribution is 5.80. The first kappa shape index (κ1) is 17.7. The second kappa shape index (κ2) is 9.59. The number of esters is 1. The molecule has 2 N–H and O–H groups in total. The third-order valence-corrected chi connectivity index (χ3v) is 2.78. The summed E-state index contributed by atoms with van der Waals surface area (Å²) >= 11 is 0. The number of methoxy groups -OCH3 is 1. The minimum absolute atomic E-state index is 0.135. The van der Waals surface area contributed by atoms with E-state index in [0.717, 1.165) is 0 Å². The number of halogens is 1. The lowest BCUT2D eigenvalue weighted by Crippen LogP contribution is -2.42. The maximum absolute atomic E-state index is 12.8. The standard InChI is InChI=1S/C15H22FN3O3/c1-11(22-13-6-4-12(16)5-7-13)10-19-15(17-2)18-9-8-14(20)21-3/h4-7,11H,8-10H2,1-3H3,(H2,17,18,19). The Bertz CT molecular complexity index is 491. The van der Waals surface area contributed by atoms with Gasteiger partial charge in [-0.3, -0.25) is 9.79 Å². The van der Waals surface area contributed by atoms with Crippen LogP contribution in [0.1, 0.15) is 13.3 Å². The number of carbonyl (C=O) groups excluding carboxylic acids is 1. The van der Waals surface area contributed by atoms with Crippen LogP contribution >= 0.6 is 0 Å². The molecule has 0 spiro atoms. The van der Waals surface area contributed by atoms with Gasteiger partial charge < -0.3 is 20.1 Å². The van der Waals surface area contributed by atoms with E-state index in [4.69, 9.17) is 4.74 Å². The van der Waals surface area contributed by atoms with Crippen molar-refractivity contribution in [1.29, 1.82) is 0 Å². The number of carbonyl (C=O) groups is 1. The summed E-state index contributed by atoms with van der Waals surface area (Å²) in [4.78, 5) is 15.0. The zero-order valence-electron chi connectivity index (χ0n) is 13.1. The average Bonchev–Trinajstić information content (AvgIpc) is 2.52. The van der Waals surface area contributed by atoms with Crippen molar-refractivity contribution in [2.75, 3.05) is 27.2 Å². The van der Waals surface area contributed by atoms with E-state index in [1.807, 2.05) is 6.92 Å². The molecule has 0 aliphatic carbocycles. The van der Waals surface area contributed by atoms with Crippen LogP contribution in [0, 0.1) is 5.82 Å². The summed E-state index contributed by atoms with van der Waals surface area (Å²) in [6, 6.07) is 5.86. The lowest BCUT2D eigenvalue weighted by molar-refractivity contribution is -0.140. The van der Waals surface area contributed by atoms with Gasteiger partial charge in [0.05, 0.1) is 20.1 Å². The largest absolute Gasteiger partial charge is 0.489 e. The third-order valence-electron chi connectivity index (χ3n) is 2.78. The Morgan fingerprint density at radius 2 is 2.00 bits per heavy atom. The molecule has 1 aromatic rings. The quantitative estimate of drug-likeness (QED) is 0.451. The summed E-state index contributed by atoms with van der Waals surface area (Å²) in [5.74, 6) is 0.590. The number of nitrogens with zero attached hydrogens (tertiary/aromatic N) is 1. The number of rotatable bonds is 7. The highest BCUT2D eigenvalue weighted by Crippen LogP contribution is 2.12. The summed E-state index contributed by atoms with van der Waals surface area (Å²) in [7, 11) is 2.99. The Morgan fingerprint density at radius 1 is 1.32 bits per heavy atom. The van der Waals surface area contributed by atoms with Crippen LogP contribution < -0.4 is 15.4 Å². The van der Waals surface area contributed by atoms with Crippen LogP contribution in [0.5, 0.6) is 5.75 Å². The first-order valence-electron chi connectivity index (χ1n) is 6.98. The third kappa shape index (κ3) is 6.92. The Hall–Kier alpha value is -2.31. The molecule has 0 radical (unpaired) electrons. The molecule has 0 saturated carbocycles. The van der Waals surface area contributed by atoms with E-state index in [0.29, 0.717) is 24.8 Å². The van der Waals surface area contributed by atoms with E-state index < -0.39 is 0 Å². The molecule has 7 heteroatoms. The lowest BCUT2D eigenvalue weighted by Gasteiger charge is -2.17. The minimum atomic E-state index is -0.298. The maximum atomic E-state index is 12.8. The number of guanidine groups is 1. The van der Waals surface area contributed by atoms with Crippen LogP contribution in [0.4, 0.5) is 4.39 Å². The van der Waals surface area contributed by atoms with Crippen molar-refractivity contribution in [2.45, 2.75) is 19.4 Å². The predicted molar refractivity (Wildman–Crippen MR) is 82.5 cm³/mol. The van der Waals surface area contributed by atoms with Crippen molar-refractivity contribution in [2.24, 2.45) is 4.99 Å². The molecule has 0 aliphatic heterocycles. The monoisotopic (exact) mass is 311 g/mol. The summed E-state index contributed by atoms with van der Waals surface area (Å²) in [5, 5.41) is 6.07. The van der Waals surface area contributed by atoms with Crippen LogP contribution in [-0.2, 0) is 9.53 Å². The van der Waals surface area contributed by atoms with E-state index >= 15 is 0 Å². The van der Waals surface area contributed by atoms with Gasteiger partial charge >= 0.3 is 5.97 Å².